The Bertz CT molecular complexity index is 777. The van der Waals surface area contributed by atoms with Gasteiger partial charge in [-0.15, -0.1) is 0 Å². The van der Waals surface area contributed by atoms with E-state index in [1.165, 1.54) is 5.56 Å². The first-order valence-corrected chi connectivity index (χ1v) is 11.6. The molecule has 1 aliphatic carbocycles. The number of urea groups is 1. The van der Waals surface area contributed by atoms with Crippen LogP contribution in [0.1, 0.15) is 38.2 Å². The zero-order chi connectivity index (χ0) is 22.4. The first-order chi connectivity index (χ1) is 14.9. The molecule has 2 aliphatic rings. The topological polar surface area (TPSA) is 55.9 Å². The number of likely N-dealkylation sites (tertiary alicyclic amines) is 1. The third kappa shape index (κ3) is 6.33. The fourth-order valence-corrected chi connectivity index (χ4v) is 4.95. The molecule has 1 saturated carbocycles. The number of hydrogen-bond acceptors (Lipinski definition) is 4. The standard InChI is InChI=1S/C25H38N4O2/c1-5-12-29-18-22(14-20-16-24(30)21(15-23(20)29)17-27(2)3)26-25(31)28(4)13-11-19-9-7-6-8-10-19/h6-10,17,20,22-23H,5,11-16,18H2,1-4H3,(H,26,31)/t20-,22+,23-/m1/s1. The van der Waals surface area contributed by atoms with Gasteiger partial charge < -0.3 is 15.1 Å². The molecular weight excluding hydrogens is 388 g/mol. The highest BCUT2D eigenvalue weighted by Crippen LogP contribution is 2.36. The van der Waals surface area contributed by atoms with Crippen LogP contribution in [0, 0.1) is 5.92 Å². The molecule has 2 fully saturated rings. The van der Waals surface area contributed by atoms with Crippen LogP contribution in [-0.4, -0.2) is 79.4 Å². The highest BCUT2D eigenvalue weighted by atomic mass is 16.2. The Morgan fingerprint density at radius 1 is 1.19 bits per heavy atom. The van der Waals surface area contributed by atoms with Gasteiger partial charge in [0.05, 0.1) is 0 Å². The lowest BCUT2D eigenvalue weighted by atomic mass is 9.74. The molecule has 2 amide bonds. The molecule has 0 bridgehead atoms. The van der Waals surface area contributed by atoms with Crippen molar-refractivity contribution in [2.24, 2.45) is 5.92 Å². The molecule has 0 unspecified atom stereocenters. The molecule has 1 aromatic rings. The number of Topliss-reactive ketones (excluding diaryl/α,β-unsaturated/α-hetero) is 1. The summed E-state index contributed by atoms with van der Waals surface area (Å²) in [5.74, 6) is 0.574. The fraction of sp³-hybridized carbons (Fsp3) is 0.600. The maximum Gasteiger partial charge on any atom is 0.317 e. The predicted molar refractivity (Wildman–Crippen MR) is 125 cm³/mol. The quantitative estimate of drug-likeness (QED) is 0.681. The van der Waals surface area contributed by atoms with Crippen LogP contribution in [0.5, 0.6) is 0 Å². The van der Waals surface area contributed by atoms with Crippen molar-refractivity contribution in [1.29, 1.82) is 0 Å². The van der Waals surface area contributed by atoms with Gasteiger partial charge in [0.1, 0.15) is 0 Å². The van der Waals surface area contributed by atoms with Crippen LogP contribution in [0.3, 0.4) is 0 Å². The summed E-state index contributed by atoms with van der Waals surface area (Å²) in [6, 6.07) is 10.7. The van der Waals surface area contributed by atoms with E-state index in [0.29, 0.717) is 24.9 Å². The van der Waals surface area contributed by atoms with Crippen LogP contribution in [0.2, 0.25) is 0 Å². The number of nitrogens with one attached hydrogen (secondary N) is 1. The van der Waals surface area contributed by atoms with Crippen molar-refractivity contribution in [3.05, 3.63) is 47.7 Å². The zero-order valence-electron chi connectivity index (χ0n) is 19.5. The van der Waals surface area contributed by atoms with Crippen molar-refractivity contribution in [1.82, 2.24) is 20.0 Å². The highest BCUT2D eigenvalue weighted by molar-refractivity contribution is 5.96. The predicted octanol–water partition coefficient (Wildman–Crippen LogP) is 3.15. The minimum atomic E-state index is -0.0221. The summed E-state index contributed by atoms with van der Waals surface area (Å²) in [6.07, 6.45) is 6.18. The smallest absolute Gasteiger partial charge is 0.317 e. The van der Waals surface area contributed by atoms with Crippen LogP contribution in [-0.2, 0) is 11.2 Å². The highest BCUT2D eigenvalue weighted by Gasteiger charge is 2.41. The average Bonchev–Trinajstić information content (AvgIpc) is 2.73. The summed E-state index contributed by atoms with van der Waals surface area (Å²) < 4.78 is 0. The molecule has 1 aliphatic heterocycles. The lowest BCUT2D eigenvalue weighted by Crippen LogP contribution is -2.58. The van der Waals surface area contributed by atoms with Gasteiger partial charge in [-0.2, -0.15) is 0 Å². The Morgan fingerprint density at radius 2 is 1.94 bits per heavy atom. The second-order valence-corrected chi connectivity index (χ2v) is 9.31. The first kappa shape index (κ1) is 23.3. The van der Waals surface area contributed by atoms with Gasteiger partial charge in [-0.05, 0) is 43.7 Å². The van der Waals surface area contributed by atoms with Gasteiger partial charge in [-0.3, -0.25) is 9.69 Å². The second-order valence-electron chi connectivity index (χ2n) is 9.31. The third-order valence-electron chi connectivity index (χ3n) is 6.47. The number of carbonyl (C=O) groups is 2. The lowest BCUT2D eigenvalue weighted by molar-refractivity contribution is -0.119. The Balaban J connectivity index is 1.59. The Morgan fingerprint density at radius 3 is 2.61 bits per heavy atom. The number of hydrogen-bond donors (Lipinski definition) is 1. The molecule has 0 radical (unpaired) electrons. The molecule has 1 heterocycles. The number of benzene rings is 1. The van der Waals surface area contributed by atoms with Crippen LogP contribution in [0.15, 0.2) is 42.1 Å². The van der Waals surface area contributed by atoms with Crippen molar-refractivity contribution in [3.63, 3.8) is 0 Å². The maximum absolute atomic E-state index is 12.8. The average molecular weight is 427 g/mol. The van der Waals surface area contributed by atoms with Gasteiger partial charge in [0.25, 0.3) is 0 Å². The number of nitrogens with zero attached hydrogens (tertiary/aromatic N) is 3. The normalized spacial score (nSPS) is 25.2. The molecular formula is C25H38N4O2. The zero-order valence-corrected chi connectivity index (χ0v) is 19.5. The minimum Gasteiger partial charge on any atom is -0.383 e. The molecule has 170 valence electrons. The summed E-state index contributed by atoms with van der Waals surface area (Å²) in [5.41, 5.74) is 2.18. The van der Waals surface area contributed by atoms with Crippen molar-refractivity contribution < 1.29 is 9.59 Å². The summed E-state index contributed by atoms with van der Waals surface area (Å²) in [5, 5.41) is 3.25. The monoisotopic (exact) mass is 426 g/mol. The van der Waals surface area contributed by atoms with E-state index >= 15 is 0 Å². The van der Waals surface area contributed by atoms with Crippen LogP contribution < -0.4 is 5.32 Å². The molecule has 6 heteroatoms. The second kappa shape index (κ2) is 10.8. The lowest BCUT2D eigenvalue weighted by Gasteiger charge is -2.47. The molecule has 31 heavy (non-hydrogen) atoms. The maximum atomic E-state index is 12.8. The number of fused-ring (bicyclic) bond motifs is 1. The summed E-state index contributed by atoms with van der Waals surface area (Å²) >= 11 is 0. The molecule has 0 aromatic heterocycles. The van der Waals surface area contributed by atoms with Crippen LogP contribution in [0.25, 0.3) is 0 Å². The SMILES string of the molecule is CCCN1C[C@@H](NC(=O)N(C)CCc2ccccc2)C[C@@H]2CC(=O)C(=CN(C)C)C[C@H]21. The minimum absolute atomic E-state index is 0.0221. The van der Waals surface area contributed by atoms with Gasteiger partial charge in [-0.25, -0.2) is 4.79 Å². The summed E-state index contributed by atoms with van der Waals surface area (Å²) in [4.78, 5) is 31.7. The van der Waals surface area contributed by atoms with Gasteiger partial charge in [0.2, 0.25) is 0 Å². The number of ketones is 1. The van der Waals surface area contributed by atoms with E-state index in [1.54, 1.807) is 4.90 Å². The van der Waals surface area contributed by atoms with Crippen molar-refractivity contribution >= 4 is 11.8 Å². The van der Waals surface area contributed by atoms with E-state index in [1.807, 2.05) is 50.4 Å². The van der Waals surface area contributed by atoms with E-state index < -0.39 is 0 Å². The van der Waals surface area contributed by atoms with Gasteiger partial charge >= 0.3 is 6.03 Å². The Hall–Kier alpha value is -2.34. The van der Waals surface area contributed by atoms with Gasteiger partial charge in [-0.1, -0.05) is 37.3 Å². The van der Waals surface area contributed by atoms with E-state index in [-0.39, 0.29) is 17.9 Å². The number of likely N-dealkylation sites (N-methyl/N-ethyl adjacent to an activating group) is 1. The molecule has 1 N–H and O–H groups in total. The number of piperidine rings is 1. The van der Waals surface area contributed by atoms with E-state index in [2.05, 4.69) is 29.3 Å². The first-order valence-electron chi connectivity index (χ1n) is 11.6. The van der Waals surface area contributed by atoms with Crippen molar-refractivity contribution in [2.75, 3.05) is 40.8 Å². The summed E-state index contributed by atoms with van der Waals surface area (Å²) in [7, 11) is 5.80. The number of carbonyl (C=O) groups excluding carboxylic acids is 2. The van der Waals surface area contributed by atoms with Crippen LogP contribution in [0.4, 0.5) is 4.79 Å². The van der Waals surface area contributed by atoms with E-state index in [9.17, 15) is 9.59 Å². The van der Waals surface area contributed by atoms with E-state index in [4.69, 9.17) is 0 Å². The number of rotatable bonds is 7. The molecule has 3 atom stereocenters. The Kier molecular flexibility index (Phi) is 8.13. The summed E-state index contributed by atoms with van der Waals surface area (Å²) in [6.45, 7) is 4.74. The van der Waals surface area contributed by atoms with Gasteiger partial charge in [0, 0.05) is 64.5 Å². The fourth-order valence-electron chi connectivity index (χ4n) is 4.95. The molecule has 3 rings (SSSR count). The van der Waals surface area contributed by atoms with Gasteiger partial charge in [0.15, 0.2) is 5.78 Å². The molecule has 0 spiro atoms. The third-order valence-corrected chi connectivity index (χ3v) is 6.47. The molecule has 1 saturated heterocycles. The van der Waals surface area contributed by atoms with Crippen LogP contribution >= 0.6 is 0 Å². The Labute approximate surface area is 187 Å². The largest absolute Gasteiger partial charge is 0.383 e. The van der Waals surface area contributed by atoms with Crippen molar-refractivity contribution in [2.45, 2.75) is 51.1 Å². The molecule has 6 nitrogen and oxygen atoms in total. The van der Waals surface area contributed by atoms with Crippen molar-refractivity contribution in [3.8, 4) is 0 Å². The van der Waals surface area contributed by atoms with E-state index in [0.717, 1.165) is 44.3 Å². The molecule has 1 aromatic carbocycles. The number of amides is 2.